The lowest BCUT2D eigenvalue weighted by molar-refractivity contribution is 0.483. The monoisotopic (exact) mass is 366 g/mol. The fourth-order valence-electron chi connectivity index (χ4n) is 2.00. The number of aryl methyl sites for hydroxylation is 2. The number of benzene rings is 2. The number of hydrogen-bond acceptors (Lipinski definition) is 4. The summed E-state index contributed by atoms with van der Waals surface area (Å²) in [6.45, 7) is 3.70. The van der Waals surface area contributed by atoms with Gasteiger partial charge in [0.25, 0.3) is 10.1 Å². The highest BCUT2D eigenvalue weighted by molar-refractivity contribution is 7.85. The molecule has 3 rings (SSSR count). The van der Waals surface area contributed by atoms with E-state index in [1.54, 1.807) is 30.3 Å². The van der Waals surface area contributed by atoms with Crippen LogP contribution < -0.4 is 5.63 Å². The largest absolute Gasteiger partial charge is 0.423 e. The maximum atomic E-state index is 11.0. The van der Waals surface area contributed by atoms with E-state index in [-0.39, 0.29) is 10.5 Å². The first-order valence-electron chi connectivity index (χ1n) is 6.91. The van der Waals surface area contributed by atoms with Crippen molar-refractivity contribution in [2.24, 2.45) is 0 Å². The molecule has 0 spiro atoms. The molecule has 0 saturated heterocycles. The summed E-state index contributed by atoms with van der Waals surface area (Å²) in [5.41, 5.74) is 2.09. The predicted molar refractivity (Wildman–Crippen MR) is 93.2 cm³/mol. The summed E-state index contributed by atoms with van der Waals surface area (Å²) in [5, 5.41) is 1.52. The van der Waals surface area contributed by atoms with Crippen molar-refractivity contribution >= 4 is 32.7 Å². The zero-order valence-corrected chi connectivity index (χ0v) is 14.6. The van der Waals surface area contributed by atoms with Gasteiger partial charge >= 0.3 is 5.63 Å². The molecule has 0 atom stereocenters. The fourth-order valence-corrected chi connectivity index (χ4v) is 2.65. The molecule has 0 aliphatic rings. The van der Waals surface area contributed by atoms with Gasteiger partial charge in [-0.25, -0.2) is 4.79 Å². The molecular weight excluding hydrogens is 352 g/mol. The molecule has 0 saturated carbocycles. The number of hydrogen-bond donors (Lipinski definition) is 1. The van der Waals surface area contributed by atoms with Gasteiger partial charge in [-0.15, -0.1) is 0 Å². The summed E-state index contributed by atoms with van der Waals surface area (Å²) in [6, 6.07) is 12.6. The molecule has 1 N–H and O–H groups in total. The third kappa shape index (κ3) is 4.67. The molecule has 0 unspecified atom stereocenters. The molecule has 0 aliphatic carbocycles. The second-order valence-electron chi connectivity index (χ2n) is 5.18. The fraction of sp³-hybridized carbons (Fsp3) is 0.118. The lowest BCUT2D eigenvalue weighted by atomic mass is 10.1. The zero-order valence-electron chi connectivity index (χ0n) is 13.0. The van der Waals surface area contributed by atoms with Crippen molar-refractivity contribution in [1.29, 1.82) is 0 Å². The van der Waals surface area contributed by atoms with E-state index in [0.29, 0.717) is 10.6 Å². The summed E-state index contributed by atoms with van der Waals surface area (Å²) in [7, 11) is -4.02. The van der Waals surface area contributed by atoms with Crippen LogP contribution in [0.1, 0.15) is 11.1 Å². The Labute approximate surface area is 144 Å². The summed E-state index contributed by atoms with van der Waals surface area (Å²) < 4.78 is 34.5. The normalized spacial score (nSPS) is 11.0. The third-order valence-electron chi connectivity index (χ3n) is 3.23. The summed E-state index contributed by atoms with van der Waals surface area (Å²) in [6.07, 6.45) is 0. The van der Waals surface area contributed by atoms with Gasteiger partial charge in [-0.2, -0.15) is 8.42 Å². The van der Waals surface area contributed by atoms with E-state index in [9.17, 15) is 13.2 Å². The van der Waals surface area contributed by atoms with Crippen molar-refractivity contribution in [2.45, 2.75) is 18.7 Å². The number of fused-ring (bicyclic) bond motifs is 1. The number of rotatable bonds is 1. The highest BCUT2D eigenvalue weighted by Gasteiger charge is 2.06. The van der Waals surface area contributed by atoms with Crippen LogP contribution in [-0.4, -0.2) is 13.0 Å². The molecular formula is C17H15ClO5S. The molecule has 126 valence electrons. The summed E-state index contributed by atoms with van der Waals surface area (Å²) >= 11 is 5.81. The maximum absolute atomic E-state index is 11.0. The van der Waals surface area contributed by atoms with E-state index in [1.165, 1.54) is 18.2 Å². The van der Waals surface area contributed by atoms with Gasteiger partial charge in [0.1, 0.15) is 5.58 Å². The van der Waals surface area contributed by atoms with Crippen LogP contribution in [0.2, 0.25) is 5.02 Å². The summed E-state index contributed by atoms with van der Waals surface area (Å²) in [4.78, 5) is 10.9. The standard InChI is InChI=1S/C10H7ClO2.C7H8O3S/c1-6-4-10(12)13-9-3-2-7(11)5-8(6)9;1-6-2-4-7(5-3-6)11(8,9)10/h2-5H,1H3;2-5H,1H3,(H,8,9,10). The Morgan fingerprint density at radius 1 is 1.00 bits per heavy atom. The SMILES string of the molecule is Cc1cc(=O)oc2ccc(Cl)cc12.Cc1ccc(S(=O)(=O)O)cc1. The Kier molecular flexibility index (Phi) is 5.43. The second kappa shape index (κ2) is 7.17. The van der Waals surface area contributed by atoms with Crippen molar-refractivity contribution in [1.82, 2.24) is 0 Å². The van der Waals surface area contributed by atoms with Crippen LogP contribution >= 0.6 is 11.6 Å². The Hall–Kier alpha value is -2.15. The minimum Gasteiger partial charge on any atom is -0.423 e. The highest BCUT2D eigenvalue weighted by atomic mass is 35.5. The molecule has 0 aliphatic heterocycles. The first kappa shape index (κ1) is 18.2. The second-order valence-corrected chi connectivity index (χ2v) is 7.04. The Balaban J connectivity index is 0.000000177. The van der Waals surface area contributed by atoms with Crippen molar-refractivity contribution in [3.05, 3.63) is 75.1 Å². The molecule has 3 aromatic rings. The van der Waals surface area contributed by atoms with Crippen molar-refractivity contribution < 1.29 is 17.4 Å². The predicted octanol–water partition coefficient (Wildman–Crippen LogP) is 4.00. The maximum Gasteiger partial charge on any atom is 0.336 e. The molecule has 24 heavy (non-hydrogen) atoms. The van der Waals surface area contributed by atoms with Crippen molar-refractivity contribution in [3.63, 3.8) is 0 Å². The van der Waals surface area contributed by atoms with Crippen LogP contribution in [0.4, 0.5) is 0 Å². The van der Waals surface area contributed by atoms with Crippen LogP contribution in [-0.2, 0) is 10.1 Å². The van der Waals surface area contributed by atoms with Gasteiger partial charge in [0, 0.05) is 16.5 Å². The Bertz CT molecular complexity index is 1020. The molecule has 0 fully saturated rings. The van der Waals surface area contributed by atoms with Crippen LogP contribution in [0.25, 0.3) is 11.0 Å². The highest BCUT2D eigenvalue weighted by Crippen LogP contribution is 2.20. The Morgan fingerprint density at radius 2 is 1.62 bits per heavy atom. The van der Waals surface area contributed by atoms with E-state index in [1.807, 2.05) is 13.8 Å². The molecule has 1 aromatic heterocycles. The molecule has 0 bridgehead atoms. The zero-order chi connectivity index (χ0) is 17.9. The molecule has 0 amide bonds. The van der Waals surface area contributed by atoms with E-state index in [2.05, 4.69) is 0 Å². The summed E-state index contributed by atoms with van der Waals surface area (Å²) in [5.74, 6) is 0. The number of halogens is 1. The average Bonchev–Trinajstić information content (AvgIpc) is 2.48. The third-order valence-corrected chi connectivity index (χ3v) is 4.33. The average molecular weight is 367 g/mol. The lowest BCUT2D eigenvalue weighted by Gasteiger charge is -1.99. The Morgan fingerprint density at radius 3 is 2.21 bits per heavy atom. The van der Waals surface area contributed by atoms with Crippen molar-refractivity contribution in [2.75, 3.05) is 0 Å². The van der Waals surface area contributed by atoms with Gasteiger partial charge in [0.2, 0.25) is 0 Å². The molecule has 7 heteroatoms. The van der Waals surface area contributed by atoms with Gasteiger partial charge in [0.15, 0.2) is 0 Å². The lowest BCUT2D eigenvalue weighted by Crippen LogP contribution is -1.97. The minimum absolute atomic E-state index is 0.0666. The molecule has 2 aromatic carbocycles. The van der Waals surface area contributed by atoms with Crippen LogP contribution in [0.3, 0.4) is 0 Å². The smallest absolute Gasteiger partial charge is 0.336 e. The van der Waals surface area contributed by atoms with E-state index in [0.717, 1.165) is 16.5 Å². The van der Waals surface area contributed by atoms with Crippen molar-refractivity contribution in [3.8, 4) is 0 Å². The van der Waals surface area contributed by atoms with Gasteiger partial charge in [0.05, 0.1) is 4.90 Å². The van der Waals surface area contributed by atoms with E-state index < -0.39 is 10.1 Å². The van der Waals surface area contributed by atoms with Gasteiger partial charge in [-0.3, -0.25) is 4.55 Å². The first-order chi connectivity index (χ1) is 11.2. The topological polar surface area (TPSA) is 84.6 Å². The minimum atomic E-state index is -4.02. The van der Waals surface area contributed by atoms with E-state index >= 15 is 0 Å². The van der Waals surface area contributed by atoms with Gasteiger partial charge < -0.3 is 4.42 Å². The van der Waals surface area contributed by atoms with E-state index in [4.69, 9.17) is 20.6 Å². The van der Waals surface area contributed by atoms with Crippen LogP contribution in [0.5, 0.6) is 0 Å². The van der Waals surface area contributed by atoms with Gasteiger partial charge in [-0.1, -0.05) is 29.3 Å². The quantitative estimate of drug-likeness (QED) is 0.519. The van der Waals surface area contributed by atoms with Crippen LogP contribution in [0, 0.1) is 13.8 Å². The molecule has 0 radical (unpaired) electrons. The van der Waals surface area contributed by atoms with Gasteiger partial charge in [-0.05, 0) is 49.7 Å². The van der Waals surface area contributed by atoms with Crippen LogP contribution in [0.15, 0.2) is 62.6 Å². The first-order valence-corrected chi connectivity index (χ1v) is 8.73. The molecule has 5 nitrogen and oxygen atoms in total. The molecule has 1 heterocycles.